The molecule has 0 aliphatic rings. The molecule has 102 valence electrons. The van der Waals surface area contributed by atoms with Crippen LogP contribution in [0, 0.1) is 5.82 Å². The van der Waals surface area contributed by atoms with Gasteiger partial charge < -0.3 is 15.0 Å². The summed E-state index contributed by atoms with van der Waals surface area (Å²) in [6.07, 6.45) is 4.41. The van der Waals surface area contributed by atoms with Gasteiger partial charge in [0.05, 0.1) is 19.1 Å². The standard InChI is InChI=1S/C14H18FN3O/c1-10(16)5-12-8-18(9-17-12)7-11-3-4-14(19-2)13(15)6-11/h3-4,6,8-10H,5,7,16H2,1-2H3. The van der Waals surface area contributed by atoms with E-state index in [0.717, 1.165) is 17.7 Å². The molecular formula is C14H18FN3O. The summed E-state index contributed by atoms with van der Waals surface area (Å²) in [5.41, 5.74) is 7.54. The minimum atomic E-state index is -0.351. The molecule has 0 saturated carbocycles. The van der Waals surface area contributed by atoms with Gasteiger partial charge in [0.1, 0.15) is 0 Å². The number of aromatic nitrogens is 2. The summed E-state index contributed by atoms with van der Waals surface area (Å²) in [6.45, 7) is 2.52. The van der Waals surface area contributed by atoms with Crippen molar-refractivity contribution in [1.82, 2.24) is 9.55 Å². The third-order valence-electron chi connectivity index (χ3n) is 2.80. The van der Waals surface area contributed by atoms with E-state index in [1.165, 1.54) is 13.2 Å². The van der Waals surface area contributed by atoms with Crippen LogP contribution >= 0.6 is 0 Å². The Kier molecular flexibility index (Phi) is 4.16. The summed E-state index contributed by atoms with van der Waals surface area (Å²) in [7, 11) is 1.45. The number of rotatable bonds is 5. The van der Waals surface area contributed by atoms with E-state index in [0.29, 0.717) is 6.54 Å². The largest absolute Gasteiger partial charge is 0.494 e. The molecule has 1 atom stereocenters. The average molecular weight is 263 g/mol. The molecule has 1 unspecified atom stereocenters. The highest BCUT2D eigenvalue weighted by Crippen LogP contribution is 2.18. The number of hydrogen-bond donors (Lipinski definition) is 1. The second kappa shape index (κ2) is 5.84. The van der Waals surface area contributed by atoms with Crippen molar-refractivity contribution in [3.05, 3.63) is 47.8 Å². The number of methoxy groups -OCH3 is 1. The van der Waals surface area contributed by atoms with Crippen LogP contribution in [0.15, 0.2) is 30.7 Å². The van der Waals surface area contributed by atoms with Crippen molar-refractivity contribution in [3.8, 4) is 5.75 Å². The number of hydrogen-bond acceptors (Lipinski definition) is 3. The van der Waals surface area contributed by atoms with Gasteiger partial charge in [0, 0.05) is 25.2 Å². The van der Waals surface area contributed by atoms with E-state index in [9.17, 15) is 4.39 Å². The molecule has 0 amide bonds. The summed E-state index contributed by atoms with van der Waals surface area (Å²) in [5, 5.41) is 0. The van der Waals surface area contributed by atoms with Crippen molar-refractivity contribution in [2.45, 2.75) is 25.9 Å². The van der Waals surface area contributed by atoms with Gasteiger partial charge in [-0.1, -0.05) is 6.07 Å². The maximum Gasteiger partial charge on any atom is 0.165 e. The minimum Gasteiger partial charge on any atom is -0.494 e. The Labute approximate surface area is 112 Å². The second-order valence-corrected chi connectivity index (χ2v) is 4.69. The van der Waals surface area contributed by atoms with Gasteiger partial charge in [-0.05, 0) is 24.6 Å². The molecule has 0 bridgehead atoms. The van der Waals surface area contributed by atoms with Gasteiger partial charge in [-0.15, -0.1) is 0 Å². The van der Waals surface area contributed by atoms with E-state index < -0.39 is 0 Å². The lowest BCUT2D eigenvalue weighted by atomic mass is 10.2. The first-order chi connectivity index (χ1) is 9.08. The summed E-state index contributed by atoms with van der Waals surface area (Å²) >= 11 is 0. The fourth-order valence-corrected chi connectivity index (χ4v) is 1.95. The Bertz CT molecular complexity index is 551. The van der Waals surface area contributed by atoms with Crippen LogP contribution < -0.4 is 10.5 Å². The third-order valence-corrected chi connectivity index (χ3v) is 2.80. The van der Waals surface area contributed by atoms with Gasteiger partial charge in [-0.3, -0.25) is 0 Å². The summed E-state index contributed by atoms with van der Waals surface area (Å²) < 4.78 is 20.4. The van der Waals surface area contributed by atoms with Gasteiger partial charge in [-0.2, -0.15) is 0 Å². The Morgan fingerprint density at radius 2 is 2.26 bits per heavy atom. The highest BCUT2D eigenvalue weighted by molar-refractivity contribution is 5.29. The monoisotopic (exact) mass is 263 g/mol. The first kappa shape index (κ1) is 13.5. The molecule has 0 spiro atoms. The lowest BCUT2D eigenvalue weighted by Gasteiger charge is -2.06. The Morgan fingerprint density at radius 1 is 1.47 bits per heavy atom. The molecule has 1 heterocycles. The maximum atomic E-state index is 13.6. The third kappa shape index (κ3) is 3.54. The molecule has 0 aliphatic heterocycles. The first-order valence-corrected chi connectivity index (χ1v) is 6.17. The first-order valence-electron chi connectivity index (χ1n) is 6.17. The fraction of sp³-hybridized carbons (Fsp3) is 0.357. The van der Waals surface area contributed by atoms with Crippen LogP contribution in [0.2, 0.25) is 0 Å². The molecule has 1 aromatic heterocycles. The van der Waals surface area contributed by atoms with E-state index in [1.54, 1.807) is 12.4 Å². The molecule has 5 heteroatoms. The van der Waals surface area contributed by atoms with Crippen LogP contribution in [0.1, 0.15) is 18.2 Å². The SMILES string of the molecule is COc1ccc(Cn2cnc(CC(C)N)c2)cc1F. The van der Waals surface area contributed by atoms with Gasteiger partial charge >= 0.3 is 0 Å². The van der Waals surface area contributed by atoms with Crippen LogP contribution in [0.4, 0.5) is 4.39 Å². The van der Waals surface area contributed by atoms with Crippen LogP contribution in [-0.2, 0) is 13.0 Å². The van der Waals surface area contributed by atoms with Gasteiger partial charge in [0.2, 0.25) is 0 Å². The lowest BCUT2D eigenvalue weighted by molar-refractivity contribution is 0.386. The Balaban J connectivity index is 2.08. The predicted molar refractivity (Wildman–Crippen MR) is 71.6 cm³/mol. The van der Waals surface area contributed by atoms with Crippen molar-refractivity contribution >= 4 is 0 Å². The molecule has 2 rings (SSSR count). The van der Waals surface area contributed by atoms with E-state index in [4.69, 9.17) is 10.5 Å². The molecule has 0 saturated heterocycles. The highest BCUT2D eigenvalue weighted by Gasteiger charge is 2.06. The second-order valence-electron chi connectivity index (χ2n) is 4.69. The zero-order valence-electron chi connectivity index (χ0n) is 11.1. The molecule has 0 fully saturated rings. The van der Waals surface area contributed by atoms with Gasteiger partial charge in [0.25, 0.3) is 0 Å². The summed E-state index contributed by atoms with van der Waals surface area (Å²) in [4.78, 5) is 4.27. The van der Waals surface area contributed by atoms with E-state index >= 15 is 0 Å². The molecule has 2 aromatic rings. The van der Waals surface area contributed by atoms with Crippen molar-refractivity contribution in [1.29, 1.82) is 0 Å². The molecule has 0 aliphatic carbocycles. The molecule has 19 heavy (non-hydrogen) atoms. The maximum absolute atomic E-state index is 13.6. The summed E-state index contributed by atoms with van der Waals surface area (Å²) in [5.74, 6) is -0.0945. The predicted octanol–water partition coefficient (Wildman–Crippen LogP) is 1.97. The summed E-state index contributed by atoms with van der Waals surface area (Å²) in [6, 6.07) is 5.03. The fourth-order valence-electron chi connectivity index (χ4n) is 1.95. The minimum absolute atomic E-state index is 0.0850. The molecule has 0 radical (unpaired) electrons. The number of imidazole rings is 1. The number of nitrogens with two attached hydrogens (primary N) is 1. The number of halogens is 1. The zero-order valence-corrected chi connectivity index (χ0v) is 11.1. The topological polar surface area (TPSA) is 53.1 Å². The van der Waals surface area contributed by atoms with E-state index in [1.807, 2.05) is 23.8 Å². The smallest absolute Gasteiger partial charge is 0.165 e. The van der Waals surface area contributed by atoms with Crippen LogP contribution in [-0.4, -0.2) is 22.7 Å². The van der Waals surface area contributed by atoms with Crippen LogP contribution in [0.5, 0.6) is 5.75 Å². The number of benzene rings is 1. The van der Waals surface area contributed by atoms with E-state index in [2.05, 4.69) is 4.98 Å². The molecule has 4 nitrogen and oxygen atoms in total. The molecule has 2 N–H and O–H groups in total. The quantitative estimate of drug-likeness (QED) is 0.897. The van der Waals surface area contributed by atoms with Crippen LogP contribution in [0.25, 0.3) is 0 Å². The van der Waals surface area contributed by atoms with Crippen molar-refractivity contribution in [3.63, 3.8) is 0 Å². The van der Waals surface area contributed by atoms with E-state index in [-0.39, 0.29) is 17.6 Å². The van der Waals surface area contributed by atoms with Crippen molar-refractivity contribution < 1.29 is 9.13 Å². The molecule has 1 aromatic carbocycles. The highest BCUT2D eigenvalue weighted by atomic mass is 19.1. The molecular weight excluding hydrogens is 245 g/mol. The van der Waals surface area contributed by atoms with Crippen LogP contribution in [0.3, 0.4) is 0 Å². The lowest BCUT2D eigenvalue weighted by Crippen LogP contribution is -2.17. The number of nitrogens with zero attached hydrogens (tertiary/aromatic N) is 2. The number of ether oxygens (including phenoxy) is 1. The Hall–Kier alpha value is -1.88. The average Bonchev–Trinajstić information content (AvgIpc) is 2.76. The zero-order chi connectivity index (χ0) is 13.8. The van der Waals surface area contributed by atoms with Crippen molar-refractivity contribution in [2.24, 2.45) is 5.73 Å². The van der Waals surface area contributed by atoms with Gasteiger partial charge in [0.15, 0.2) is 11.6 Å². The normalized spacial score (nSPS) is 12.4. The van der Waals surface area contributed by atoms with Crippen molar-refractivity contribution in [2.75, 3.05) is 7.11 Å². The van der Waals surface area contributed by atoms with Gasteiger partial charge in [-0.25, -0.2) is 9.37 Å². The Morgan fingerprint density at radius 3 is 2.89 bits per heavy atom.